The molecular formula is C33H37F3N6O4. The number of nitrogens with zero attached hydrogens (tertiary/aromatic N) is 3. The van der Waals surface area contributed by atoms with E-state index in [1.165, 1.54) is 7.11 Å². The summed E-state index contributed by atoms with van der Waals surface area (Å²) in [5.74, 6) is -0.218. The second-order valence-corrected chi connectivity index (χ2v) is 12.7. The van der Waals surface area contributed by atoms with Crippen LogP contribution < -0.4 is 20.7 Å². The molecule has 10 nitrogen and oxygen atoms in total. The molecular weight excluding hydrogens is 601 g/mol. The van der Waals surface area contributed by atoms with Crippen molar-refractivity contribution in [2.45, 2.75) is 64.8 Å². The molecule has 3 N–H and O–H groups in total. The van der Waals surface area contributed by atoms with Crippen LogP contribution in [0.4, 0.5) is 41.1 Å². The molecule has 0 bridgehead atoms. The fourth-order valence-electron chi connectivity index (χ4n) is 5.48. The Morgan fingerprint density at radius 1 is 1.15 bits per heavy atom. The molecule has 0 atom stereocenters. The lowest BCUT2D eigenvalue weighted by atomic mass is 9.83. The van der Waals surface area contributed by atoms with Gasteiger partial charge in [-0.2, -0.15) is 18.2 Å². The number of methoxy groups -OCH3 is 1. The van der Waals surface area contributed by atoms with Crippen LogP contribution in [0.5, 0.6) is 5.75 Å². The fraction of sp³-hybridized carbons (Fsp3) is 0.394. The number of alkyl halides is 3. The van der Waals surface area contributed by atoms with Gasteiger partial charge in [0.25, 0.3) is 0 Å². The normalized spacial score (nSPS) is 15.9. The molecule has 0 spiro atoms. The van der Waals surface area contributed by atoms with Gasteiger partial charge in [0.05, 0.1) is 18.2 Å². The van der Waals surface area contributed by atoms with E-state index in [0.717, 1.165) is 22.9 Å². The van der Waals surface area contributed by atoms with Crippen LogP contribution in [0.2, 0.25) is 0 Å². The number of amides is 2. The number of hydrogen-bond donors (Lipinski definition) is 3. The predicted octanol–water partition coefficient (Wildman–Crippen LogP) is 7.11. The molecule has 0 saturated carbocycles. The summed E-state index contributed by atoms with van der Waals surface area (Å²) in [7, 11) is 1.49. The van der Waals surface area contributed by atoms with Gasteiger partial charge in [-0.25, -0.2) is 9.78 Å². The summed E-state index contributed by atoms with van der Waals surface area (Å²) >= 11 is 0. The van der Waals surface area contributed by atoms with E-state index >= 15 is 0 Å². The Bertz CT molecular complexity index is 1700. The Labute approximate surface area is 265 Å². The topological polar surface area (TPSA) is 118 Å². The molecule has 0 aliphatic carbocycles. The first-order chi connectivity index (χ1) is 21.6. The zero-order chi connectivity index (χ0) is 33.4. The second-order valence-electron chi connectivity index (χ2n) is 12.7. The molecule has 2 aromatic carbocycles. The molecule has 5 rings (SSSR count). The van der Waals surface area contributed by atoms with Crippen molar-refractivity contribution in [2.75, 3.05) is 36.1 Å². The first kappa shape index (κ1) is 32.6. The van der Waals surface area contributed by atoms with Crippen molar-refractivity contribution < 1.29 is 32.2 Å². The molecule has 3 heterocycles. The third-order valence-electron chi connectivity index (χ3n) is 7.81. The maximum absolute atomic E-state index is 14.0. The summed E-state index contributed by atoms with van der Waals surface area (Å²) in [5.41, 5.74) is 1.95. The maximum atomic E-state index is 14.0. The standard InChI is InChI=1S/C33H37F3N6O4/c1-31(2,3)46-30(44)42-14-12-19(13-15-42)20-10-11-23(25(16-20)45-6)40-29-38-18-22(33(34,35)36)27(41-29)37-17-21-8-7-9-24-26(21)32(4,5)28(43)39-24/h7-12,16,18H,13-15,17H2,1-6H3,(H,39,43)(H2,37,38,40,41). The third kappa shape index (κ3) is 6.87. The SMILES string of the molecule is COc1cc(C2=CCN(C(=O)OC(C)(C)C)CC2)ccc1Nc1ncc(C(F)(F)F)c(NCc2cccc3c2C(C)(C)C(=O)N3)n1. The second kappa shape index (κ2) is 12.2. The van der Waals surface area contributed by atoms with Gasteiger partial charge in [0, 0.05) is 31.5 Å². The Balaban J connectivity index is 1.35. The monoisotopic (exact) mass is 638 g/mol. The highest BCUT2D eigenvalue weighted by Crippen LogP contribution is 2.41. The number of hydrogen-bond acceptors (Lipinski definition) is 8. The van der Waals surface area contributed by atoms with Gasteiger partial charge in [0.15, 0.2) is 0 Å². The first-order valence-electron chi connectivity index (χ1n) is 14.8. The van der Waals surface area contributed by atoms with Crippen LogP contribution in [0.25, 0.3) is 5.57 Å². The summed E-state index contributed by atoms with van der Waals surface area (Å²) in [6.45, 7) is 9.91. The smallest absolute Gasteiger partial charge is 0.421 e. The highest BCUT2D eigenvalue weighted by molar-refractivity contribution is 6.06. The lowest BCUT2D eigenvalue weighted by Crippen LogP contribution is -2.39. The summed E-state index contributed by atoms with van der Waals surface area (Å²) in [6.07, 6.45) is -1.78. The van der Waals surface area contributed by atoms with E-state index in [2.05, 4.69) is 25.9 Å². The average molecular weight is 639 g/mol. The summed E-state index contributed by atoms with van der Waals surface area (Å²) in [4.78, 5) is 34.7. The lowest BCUT2D eigenvalue weighted by Gasteiger charge is -2.29. The van der Waals surface area contributed by atoms with Crippen LogP contribution in [0.1, 0.15) is 63.3 Å². The van der Waals surface area contributed by atoms with E-state index in [0.29, 0.717) is 42.2 Å². The Morgan fingerprint density at radius 3 is 2.57 bits per heavy atom. The predicted molar refractivity (Wildman–Crippen MR) is 169 cm³/mol. The molecule has 0 radical (unpaired) electrons. The van der Waals surface area contributed by atoms with Gasteiger partial charge < -0.3 is 30.3 Å². The van der Waals surface area contributed by atoms with Crippen LogP contribution in [0, 0.1) is 0 Å². The minimum atomic E-state index is -4.71. The number of fused-ring (bicyclic) bond motifs is 1. The van der Waals surface area contributed by atoms with Gasteiger partial charge in [-0.1, -0.05) is 24.3 Å². The van der Waals surface area contributed by atoms with Crippen LogP contribution in [0.3, 0.4) is 0 Å². The van der Waals surface area contributed by atoms with E-state index in [1.54, 1.807) is 43.0 Å². The molecule has 46 heavy (non-hydrogen) atoms. The minimum absolute atomic E-state index is 0.000414. The highest BCUT2D eigenvalue weighted by Gasteiger charge is 2.40. The van der Waals surface area contributed by atoms with Crippen molar-refractivity contribution in [3.05, 3.63) is 70.9 Å². The number of rotatable bonds is 7. The van der Waals surface area contributed by atoms with E-state index in [-0.39, 0.29) is 24.5 Å². The number of carbonyl (C=O) groups is 2. The number of ether oxygens (including phenoxy) is 2. The largest absolute Gasteiger partial charge is 0.495 e. The van der Waals surface area contributed by atoms with Gasteiger partial charge in [0.1, 0.15) is 22.7 Å². The van der Waals surface area contributed by atoms with Crippen molar-refractivity contribution >= 4 is 40.7 Å². The Morgan fingerprint density at radius 2 is 1.91 bits per heavy atom. The average Bonchev–Trinajstić information content (AvgIpc) is 3.22. The number of halogens is 3. The van der Waals surface area contributed by atoms with E-state index in [9.17, 15) is 22.8 Å². The van der Waals surface area contributed by atoms with Crippen LogP contribution in [-0.2, 0) is 27.7 Å². The highest BCUT2D eigenvalue weighted by atomic mass is 19.4. The Kier molecular flexibility index (Phi) is 8.63. The molecule has 0 saturated heterocycles. The zero-order valence-corrected chi connectivity index (χ0v) is 26.6. The lowest BCUT2D eigenvalue weighted by molar-refractivity contribution is -0.137. The van der Waals surface area contributed by atoms with E-state index in [1.807, 2.05) is 39.0 Å². The van der Waals surface area contributed by atoms with Gasteiger partial charge in [-0.05, 0) is 81.5 Å². The quantitative estimate of drug-likeness (QED) is 0.251. The molecule has 13 heteroatoms. The van der Waals surface area contributed by atoms with Crippen LogP contribution in [-0.4, -0.2) is 52.7 Å². The molecule has 0 unspecified atom stereocenters. The number of anilines is 4. The number of benzene rings is 2. The van der Waals surface area contributed by atoms with Crippen molar-refractivity contribution in [1.82, 2.24) is 14.9 Å². The van der Waals surface area contributed by atoms with Crippen molar-refractivity contribution in [3.8, 4) is 5.75 Å². The fourth-order valence-corrected chi connectivity index (χ4v) is 5.48. The van der Waals surface area contributed by atoms with Gasteiger partial charge >= 0.3 is 12.3 Å². The van der Waals surface area contributed by atoms with Crippen molar-refractivity contribution in [1.29, 1.82) is 0 Å². The summed E-state index contributed by atoms with van der Waals surface area (Å²) in [5, 5.41) is 8.63. The molecule has 2 aliphatic heterocycles. The van der Waals surface area contributed by atoms with Crippen LogP contribution >= 0.6 is 0 Å². The zero-order valence-electron chi connectivity index (χ0n) is 26.6. The first-order valence-corrected chi connectivity index (χ1v) is 14.8. The van der Waals surface area contributed by atoms with Gasteiger partial charge in [-0.15, -0.1) is 0 Å². The number of aromatic nitrogens is 2. The van der Waals surface area contributed by atoms with Crippen molar-refractivity contribution in [3.63, 3.8) is 0 Å². The van der Waals surface area contributed by atoms with Crippen LogP contribution in [0.15, 0.2) is 48.7 Å². The molecule has 0 fully saturated rings. The van der Waals surface area contributed by atoms with Crippen molar-refractivity contribution in [2.24, 2.45) is 0 Å². The number of carbonyl (C=O) groups excluding carboxylic acids is 2. The molecule has 244 valence electrons. The molecule has 2 aliphatic rings. The van der Waals surface area contributed by atoms with E-state index < -0.39 is 28.6 Å². The van der Waals surface area contributed by atoms with Gasteiger partial charge in [-0.3, -0.25) is 4.79 Å². The summed E-state index contributed by atoms with van der Waals surface area (Å²) in [6, 6.07) is 10.7. The van der Waals surface area contributed by atoms with Gasteiger partial charge in [0.2, 0.25) is 11.9 Å². The Hall–Kier alpha value is -4.81. The van der Waals surface area contributed by atoms with E-state index in [4.69, 9.17) is 9.47 Å². The minimum Gasteiger partial charge on any atom is -0.495 e. The molecule has 1 aromatic heterocycles. The maximum Gasteiger partial charge on any atom is 0.421 e. The molecule has 2 amide bonds. The third-order valence-corrected chi connectivity index (χ3v) is 7.81. The molecule has 3 aromatic rings. The summed E-state index contributed by atoms with van der Waals surface area (Å²) < 4.78 is 52.9. The number of nitrogens with one attached hydrogen (secondary N) is 3.